The maximum Gasteiger partial charge on any atom is 0.339 e. The average Bonchev–Trinajstić information content (AvgIpc) is 2.54. The maximum atomic E-state index is 11.8. The van der Waals surface area contributed by atoms with Crippen molar-refractivity contribution in [2.45, 2.75) is 0 Å². The summed E-state index contributed by atoms with van der Waals surface area (Å²) in [5, 5.41) is 7.06. The van der Waals surface area contributed by atoms with Crippen LogP contribution in [-0.4, -0.2) is 26.5 Å². The summed E-state index contributed by atoms with van der Waals surface area (Å²) in [6.45, 7) is 0. The zero-order valence-corrected chi connectivity index (χ0v) is 15.3. The SMILES string of the molecule is COc1cc(Br)cc(/C=N\NC(=O)Nc2cccc(Cl)c2)c1OC. The standard InChI is InChI=1S/C16H15BrClN3O3/c1-23-14-7-11(17)6-10(15(14)24-2)9-19-21-16(22)20-13-5-3-4-12(18)8-13/h3-9H,1-2H3,(H2,20,21,22)/b19-9-. The molecule has 24 heavy (non-hydrogen) atoms. The van der Waals surface area contributed by atoms with Crippen molar-refractivity contribution in [3.63, 3.8) is 0 Å². The molecule has 0 atom stereocenters. The van der Waals surface area contributed by atoms with Gasteiger partial charge in [0.1, 0.15) is 0 Å². The lowest BCUT2D eigenvalue weighted by Crippen LogP contribution is -2.24. The van der Waals surface area contributed by atoms with Gasteiger partial charge < -0.3 is 14.8 Å². The number of rotatable bonds is 5. The van der Waals surface area contributed by atoms with Gasteiger partial charge in [0.2, 0.25) is 0 Å². The van der Waals surface area contributed by atoms with Gasteiger partial charge in [0.15, 0.2) is 11.5 Å². The van der Waals surface area contributed by atoms with Crippen molar-refractivity contribution in [2.24, 2.45) is 5.10 Å². The number of hydrogen-bond donors (Lipinski definition) is 2. The molecule has 2 amide bonds. The number of carbonyl (C=O) groups is 1. The van der Waals surface area contributed by atoms with E-state index in [0.717, 1.165) is 4.47 Å². The van der Waals surface area contributed by atoms with E-state index in [1.54, 1.807) is 43.5 Å². The number of nitrogens with one attached hydrogen (secondary N) is 2. The van der Waals surface area contributed by atoms with Gasteiger partial charge >= 0.3 is 6.03 Å². The largest absolute Gasteiger partial charge is 0.493 e. The molecule has 0 aliphatic rings. The number of hydrogen-bond acceptors (Lipinski definition) is 4. The first-order valence-corrected chi connectivity index (χ1v) is 7.97. The van der Waals surface area contributed by atoms with Crippen molar-refractivity contribution in [2.75, 3.05) is 19.5 Å². The lowest BCUT2D eigenvalue weighted by Gasteiger charge is -2.10. The third kappa shape index (κ3) is 4.87. The smallest absolute Gasteiger partial charge is 0.339 e. The molecule has 0 spiro atoms. The second kappa shape index (κ2) is 8.56. The van der Waals surface area contributed by atoms with Crippen LogP contribution in [0.25, 0.3) is 0 Å². The van der Waals surface area contributed by atoms with Crippen LogP contribution in [0.2, 0.25) is 5.02 Å². The summed E-state index contributed by atoms with van der Waals surface area (Å²) in [6.07, 6.45) is 1.46. The number of carbonyl (C=O) groups excluding carboxylic acids is 1. The van der Waals surface area contributed by atoms with E-state index in [1.807, 2.05) is 0 Å². The third-order valence-electron chi connectivity index (χ3n) is 2.92. The van der Waals surface area contributed by atoms with E-state index >= 15 is 0 Å². The number of methoxy groups -OCH3 is 2. The van der Waals surface area contributed by atoms with E-state index in [-0.39, 0.29) is 0 Å². The second-order valence-corrected chi connectivity index (χ2v) is 5.92. The van der Waals surface area contributed by atoms with Crippen molar-refractivity contribution in [1.29, 1.82) is 0 Å². The Kier molecular flexibility index (Phi) is 6.45. The van der Waals surface area contributed by atoms with Crippen LogP contribution in [0, 0.1) is 0 Å². The van der Waals surface area contributed by atoms with E-state index in [9.17, 15) is 4.79 Å². The van der Waals surface area contributed by atoms with Gasteiger partial charge in [-0.15, -0.1) is 0 Å². The van der Waals surface area contributed by atoms with Gasteiger partial charge in [0.05, 0.1) is 20.4 Å². The molecular formula is C16H15BrClN3O3. The predicted molar refractivity (Wildman–Crippen MR) is 98.4 cm³/mol. The second-order valence-electron chi connectivity index (χ2n) is 4.56. The van der Waals surface area contributed by atoms with Gasteiger partial charge in [-0.2, -0.15) is 5.10 Å². The Hall–Kier alpha value is -2.25. The fourth-order valence-electron chi connectivity index (χ4n) is 1.94. The summed E-state index contributed by atoms with van der Waals surface area (Å²) in [4.78, 5) is 11.8. The van der Waals surface area contributed by atoms with Gasteiger partial charge in [-0.05, 0) is 30.3 Å². The highest BCUT2D eigenvalue weighted by Crippen LogP contribution is 2.33. The summed E-state index contributed by atoms with van der Waals surface area (Å²) in [7, 11) is 3.07. The van der Waals surface area contributed by atoms with Crippen molar-refractivity contribution >= 4 is 45.5 Å². The summed E-state index contributed by atoms with van der Waals surface area (Å²) >= 11 is 9.24. The quantitative estimate of drug-likeness (QED) is 0.569. The zero-order chi connectivity index (χ0) is 17.5. The van der Waals surface area contributed by atoms with Crippen LogP contribution in [0.4, 0.5) is 10.5 Å². The molecule has 0 radical (unpaired) electrons. The molecule has 0 saturated carbocycles. The number of benzene rings is 2. The van der Waals surface area contributed by atoms with Crippen LogP contribution in [-0.2, 0) is 0 Å². The van der Waals surface area contributed by atoms with Crippen molar-refractivity contribution < 1.29 is 14.3 Å². The molecule has 2 aromatic carbocycles. The maximum absolute atomic E-state index is 11.8. The minimum atomic E-state index is -0.491. The third-order valence-corrected chi connectivity index (χ3v) is 3.62. The van der Waals surface area contributed by atoms with Crippen LogP contribution in [0.3, 0.4) is 0 Å². The molecule has 0 fully saturated rings. The first-order chi connectivity index (χ1) is 11.5. The molecule has 0 saturated heterocycles. The Morgan fingerprint density at radius 1 is 1.25 bits per heavy atom. The number of anilines is 1. The molecule has 2 N–H and O–H groups in total. The summed E-state index contributed by atoms with van der Waals surface area (Å²) in [6, 6.07) is 9.88. The highest BCUT2D eigenvalue weighted by molar-refractivity contribution is 9.10. The molecule has 8 heteroatoms. The lowest BCUT2D eigenvalue weighted by atomic mass is 10.2. The molecule has 0 aliphatic heterocycles. The molecule has 126 valence electrons. The average molecular weight is 413 g/mol. The van der Waals surface area contributed by atoms with Crippen molar-refractivity contribution in [1.82, 2.24) is 5.43 Å². The van der Waals surface area contributed by atoms with E-state index < -0.39 is 6.03 Å². The van der Waals surface area contributed by atoms with Crippen LogP contribution < -0.4 is 20.2 Å². The number of halogens is 2. The van der Waals surface area contributed by atoms with E-state index in [4.69, 9.17) is 21.1 Å². The molecular weight excluding hydrogens is 398 g/mol. The van der Waals surface area contributed by atoms with Crippen LogP contribution in [0.15, 0.2) is 46.0 Å². The molecule has 6 nitrogen and oxygen atoms in total. The minimum absolute atomic E-state index is 0.491. The zero-order valence-electron chi connectivity index (χ0n) is 13.0. The summed E-state index contributed by atoms with van der Waals surface area (Å²) < 4.78 is 11.4. The van der Waals surface area contributed by atoms with Crippen LogP contribution in [0.1, 0.15) is 5.56 Å². The monoisotopic (exact) mass is 411 g/mol. The van der Waals surface area contributed by atoms with Crippen LogP contribution in [0.5, 0.6) is 11.5 Å². The van der Waals surface area contributed by atoms with Gasteiger partial charge in [0, 0.05) is 20.7 Å². The van der Waals surface area contributed by atoms with Crippen molar-refractivity contribution in [3.8, 4) is 11.5 Å². The first kappa shape index (κ1) is 18.1. The summed E-state index contributed by atoms with van der Waals surface area (Å²) in [5.41, 5.74) is 3.58. The molecule has 0 unspecified atom stereocenters. The number of urea groups is 1. The van der Waals surface area contributed by atoms with E-state index in [1.165, 1.54) is 13.3 Å². The Labute approximate surface area is 152 Å². The van der Waals surface area contributed by atoms with E-state index in [0.29, 0.717) is 27.8 Å². The topological polar surface area (TPSA) is 72.0 Å². The molecule has 0 aliphatic carbocycles. The van der Waals surface area contributed by atoms with Gasteiger partial charge in [0.25, 0.3) is 0 Å². The van der Waals surface area contributed by atoms with Gasteiger partial charge in [-0.25, -0.2) is 10.2 Å². The van der Waals surface area contributed by atoms with Crippen molar-refractivity contribution in [3.05, 3.63) is 51.5 Å². The Balaban J connectivity index is 2.06. The highest BCUT2D eigenvalue weighted by Gasteiger charge is 2.10. The van der Waals surface area contributed by atoms with Gasteiger partial charge in [-0.3, -0.25) is 0 Å². The first-order valence-electron chi connectivity index (χ1n) is 6.80. The number of ether oxygens (including phenoxy) is 2. The number of nitrogens with zero attached hydrogens (tertiary/aromatic N) is 1. The van der Waals surface area contributed by atoms with E-state index in [2.05, 4.69) is 31.8 Å². The fourth-order valence-corrected chi connectivity index (χ4v) is 2.59. The number of hydrazone groups is 1. The molecule has 2 rings (SSSR count). The number of amides is 2. The summed E-state index contributed by atoms with van der Waals surface area (Å²) in [5.74, 6) is 1.07. The molecule has 0 aromatic heterocycles. The Morgan fingerprint density at radius 3 is 2.71 bits per heavy atom. The molecule has 0 heterocycles. The Morgan fingerprint density at radius 2 is 2.04 bits per heavy atom. The molecule has 2 aromatic rings. The highest BCUT2D eigenvalue weighted by atomic mass is 79.9. The van der Waals surface area contributed by atoms with Gasteiger partial charge in [-0.1, -0.05) is 33.6 Å². The molecule has 0 bridgehead atoms. The predicted octanol–water partition coefficient (Wildman–Crippen LogP) is 4.28. The minimum Gasteiger partial charge on any atom is -0.493 e. The van der Waals surface area contributed by atoms with Crippen LogP contribution >= 0.6 is 27.5 Å². The normalized spacial score (nSPS) is 10.5. The fraction of sp³-hybridized carbons (Fsp3) is 0.125. The Bertz CT molecular complexity index is 768. The lowest BCUT2D eigenvalue weighted by molar-refractivity contribution is 0.252.